The van der Waals surface area contributed by atoms with Crippen molar-refractivity contribution in [1.29, 1.82) is 0 Å². The van der Waals surface area contributed by atoms with Crippen molar-refractivity contribution in [1.82, 2.24) is 19.8 Å². The number of carbonyl (C=O) groups is 2. The molecular formula is C24H24F2N4O4S. The number of fused-ring (bicyclic) bond motifs is 1. The van der Waals surface area contributed by atoms with Crippen LogP contribution in [-0.4, -0.2) is 75.9 Å². The van der Waals surface area contributed by atoms with Crippen LogP contribution in [-0.2, 0) is 9.53 Å². The van der Waals surface area contributed by atoms with E-state index in [4.69, 9.17) is 9.47 Å². The fraction of sp³-hybridized carbons (Fsp3) is 0.375. The molecule has 1 atom stereocenters. The zero-order valence-corrected chi connectivity index (χ0v) is 19.6. The van der Waals surface area contributed by atoms with Gasteiger partial charge in [-0.15, -0.1) is 0 Å². The molecule has 8 nitrogen and oxygen atoms in total. The van der Waals surface area contributed by atoms with E-state index in [1.165, 1.54) is 6.07 Å². The fourth-order valence-electron chi connectivity index (χ4n) is 4.37. The lowest BCUT2D eigenvalue weighted by atomic mass is 10.0. The number of ether oxygens (including phenoxy) is 2. The van der Waals surface area contributed by atoms with Crippen molar-refractivity contribution in [3.8, 4) is 5.75 Å². The first kappa shape index (κ1) is 23.4. The number of imidazole rings is 1. The normalized spacial score (nSPS) is 18.8. The maximum atomic E-state index is 13.8. The van der Waals surface area contributed by atoms with E-state index in [0.717, 1.165) is 23.6 Å². The van der Waals surface area contributed by atoms with E-state index in [2.05, 4.69) is 9.97 Å². The third-order valence-electron chi connectivity index (χ3n) is 6.15. The Labute approximate surface area is 204 Å². The number of rotatable bonds is 7. The van der Waals surface area contributed by atoms with Crippen LogP contribution in [0.25, 0.3) is 11.0 Å². The number of nitrogens with zero attached hydrogens (tertiary/aromatic N) is 3. The molecule has 0 saturated carbocycles. The van der Waals surface area contributed by atoms with Crippen LogP contribution in [0.2, 0.25) is 0 Å². The fourth-order valence-corrected chi connectivity index (χ4v) is 5.15. The topological polar surface area (TPSA) is 87.8 Å². The van der Waals surface area contributed by atoms with Gasteiger partial charge < -0.3 is 24.3 Å². The number of thioether (sulfide) groups is 1. The van der Waals surface area contributed by atoms with Crippen LogP contribution in [0.3, 0.4) is 0 Å². The van der Waals surface area contributed by atoms with Crippen molar-refractivity contribution in [2.75, 3.05) is 32.0 Å². The number of cyclic esters (lactones) is 1. The van der Waals surface area contributed by atoms with Crippen LogP contribution < -0.4 is 4.74 Å². The number of H-pyrrole nitrogens is 1. The largest absolute Gasteiger partial charge is 0.490 e. The summed E-state index contributed by atoms with van der Waals surface area (Å²) in [6.45, 7) is 1.81. The van der Waals surface area contributed by atoms with Gasteiger partial charge in [0.15, 0.2) is 17.1 Å². The molecule has 2 saturated heterocycles. The molecule has 3 heterocycles. The summed E-state index contributed by atoms with van der Waals surface area (Å²) in [5.74, 6) is -0.651. The molecule has 0 bridgehead atoms. The van der Waals surface area contributed by atoms with Gasteiger partial charge in [0.05, 0.1) is 17.8 Å². The number of para-hydroxylation sites is 1. The van der Waals surface area contributed by atoms with Gasteiger partial charge in [-0.05, 0) is 31.0 Å². The SMILES string of the molecule is O=C(CSc1nc2c(F)cc(F)cc2[nH]1)N1CCC(N2CC(COc3ccccc3)OC2=O)CC1. The van der Waals surface area contributed by atoms with Gasteiger partial charge >= 0.3 is 6.09 Å². The van der Waals surface area contributed by atoms with Crippen LogP contribution >= 0.6 is 11.8 Å². The van der Waals surface area contributed by atoms with Gasteiger partial charge in [-0.25, -0.2) is 18.6 Å². The molecule has 2 aliphatic heterocycles. The van der Waals surface area contributed by atoms with Crippen molar-refractivity contribution in [3.05, 3.63) is 54.1 Å². The van der Waals surface area contributed by atoms with Gasteiger partial charge in [0.2, 0.25) is 5.91 Å². The first-order valence-electron chi connectivity index (χ1n) is 11.4. The monoisotopic (exact) mass is 502 g/mol. The van der Waals surface area contributed by atoms with Gasteiger partial charge in [-0.1, -0.05) is 30.0 Å². The highest BCUT2D eigenvalue weighted by Gasteiger charge is 2.38. The second-order valence-electron chi connectivity index (χ2n) is 8.51. The number of likely N-dealkylation sites (tertiary alicyclic amines) is 1. The Hall–Kier alpha value is -3.34. The number of carbonyl (C=O) groups excluding carboxylic acids is 2. The molecule has 2 aromatic carbocycles. The maximum Gasteiger partial charge on any atom is 0.410 e. The van der Waals surface area contributed by atoms with Crippen LogP contribution in [0.5, 0.6) is 5.75 Å². The van der Waals surface area contributed by atoms with E-state index in [9.17, 15) is 18.4 Å². The molecule has 1 N–H and O–H groups in total. The molecule has 11 heteroatoms. The summed E-state index contributed by atoms with van der Waals surface area (Å²) in [5, 5.41) is 0.358. The van der Waals surface area contributed by atoms with E-state index < -0.39 is 11.6 Å². The number of nitrogens with one attached hydrogen (secondary N) is 1. The molecule has 0 aliphatic carbocycles. The predicted octanol–water partition coefficient (Wildman–Crippen LogP) is 3.82. The van der Waals surface area contributed by atoms with Crippen molar-refractivity contribution in [2.45, 2.75) is 30.1 Å². The summed E-state index contributed by atoms with van der Waals surface area (Å²) in [5.41, 5.74) is 0.301. The number of aromatic nitrogens is 2. The Kier molecular flexibility index (Phi) is 6.76. The minimum atomic E-state index is -0.745. The Balaban J connectivity index is 1.08. The first-order chi connectivity index (χ1) is 17.0. The molecule has 2 fully saturated rings. The summed E-state index contributed by atoms with van der Waals surface area (Å²) < 4.78 is 38.4. The van der Waals surface area contributed by atoms with Gasteiger partial charge in [0.25, 0.3) is 0 Å². The van der Waals surface area contributed by atoms with Crippen LogP contribution in [0.4, 0.5) is 13.6 Å². The number of aromatic amines is 1. The van der Waals surface area contributed by atoms with E-state index in [0.29, 0.717) is 44.2 Å². The molecule has 0 spiro atoms. The third kappa shape index (κ3) is 5.34. The second-order valence-corrected chi connectivity index (χ2v) is 9.47. The maximum absolute atomic E-state index is 13.8. The van der Waals surface area contributed by atoms with E-state index in [1.54, 1.807) is 9.80 Å². The average Bonchev–Trinajstić information content (AvgIpc) is 3.45. The average molecular weight is 503 g/mol. The number of halogens is 2. The van der Waals surface area contributed by atoms with Gasteiger partial charge in [0.1, 0.15) is 23.7 Å². The molecule has 1 unspecified atom stereocenters. The summed E-state index contributed by atoms with van der Waals surface area (Å²) in [6, 6.07) is 11.3. The molecule has 5 rings (SSSR count). The third-order valence-corrected chi connectivity index (χ3v) is 7.01. The molecule has 1 aromatic heterocycles. The van der Waals surface area contributed by atoms with Crippen LogP contribution in [0.15, 0.2) is 47.6 Å². The molecular weight excluding hydrogens is 478 g/mol. The van der Waals surface area contributed by atoms with Crippen molar-refractivity contribution >= 4 is 34.8 Å². The first-order valence-corrected chi connectivity index (χ1v) is 12.4. The Morgan fingerprint density at radius 1 is 1.20 bits per heavy atom. The highest BCUT2D eigenvalue weighted by atomic mass is 32.2. The quantitative estimate of drug-likeness (QED) is 0.495. The predicted molar refractivity (Wildman–Crippen MR) is 125 cm³/mol. The minimum Gasteiger partial charge on any atom is -0.490 e. The summed E-state index contributed by atoms with van der Waals surface area (Å²) in [7, 11) is 0. The zero-order valence-electron chi connectivity index (χ0n) is 18.8. The van der Waals surface area contributed by atoms with Gasteiger partial charge in [0, 0.05) is 25.2 Å². The number of benzene rings is 2. The van der Waals surface area contributed by atoms with E-state index in [-0.39, 0.29) is 40.9 Å². The number of hydrogen-bond acceptors (Lipinski definition) is 6. The Morgan fingerprint density at radius 2 is 1.97 bits per heavy atom. The van der Waals surface area contributed by atoms with Crippen molar-refractivity contribution in [3.63, 3.8) is 0 Å². The standard InChI is InChI=1S/C24H24F2N4O4S/c25-15-10-19(26)22-20(11-15)27-23(28-22)35-14-21(31)29-8-6-16(7-9-29)30-12-18(34-24(30)32)13-33-17-4-2-1-3-5-17/h1-5,10-11,16,18H,6-9,12-14H2,(H,27,28). The highest BCUT2D eigenvalue weighted by molar-refractivity contribution is 7.99. The van der Waals surface area contributed by atoms with Gasteiger partial charge in [-0.3, -0.25) is 4.79 Å². The summed E-state index contributed by atoms with van der Waals surface area (Å²) in [4.78, 5) is 35.5. The second kappa shape index (κ2) is 10.1. The smallest absolute Gasteiger partial charge is 0.410 e. The lowest BCUT2D eigenvalue weighted by Crippen LogP contribution is -2.47. The molecule has 35 heavy (non-hydrogen) atoms. The molecule has 2 aliphatic rings. The van der Waals surface area contributed by atoms with E-state index >= 15 is 0 Å². The van der Waals surface area contributed by atoms with Crippen LogP contribution in [0.1, 0.15) is 12.8 Å². The lowest BCUT2D eigenvalue weighted by molar-refractivity contribution is -0.129. The van der Waals surface area contributed by atoms with Crippen LogP contribution in [0, 0.1) is 11.6 Å². The zero-order chi connectivity index (χ0) is 24.4. The number of hydrogen-bond donors (Lipinski definition) is 1. The minimum absolute atomic E-state index is 0.00849. The lowest BCUT2D eigenvalue weighted by Gasteiger charge is -2.35. The number of piperidine rings is 1. The van der Waals surface area contributed by atoms with E-state index in [1.807, 2.05) is 30.3 Å². The molecule has 3 aromatic rings. The molecule has 2 amide bonds. The molecule has 0 radical (unpaired) electrons. The van der Waals surface area contributed by atoms with Crippen molar-refractivity contribution in [2.24, 2.45) is 0 Å². The Morgan fingerprint density at radius 3 is 2.74 bits per heavy atom. The number of amides is 2. The Bertz CT molecular complexity index is 1220. The van der Waals surface area contributed by atoms with Gasteiger partial charge in [-0.2, -0.15) is 0 Å². The summed E-state index contributed by atoms with van der Waals surface area (Å²) in [6.07, 6.45) is 0.640. The summed E-state index contributed by atoms with van der Waals surface area (Å²) >= 11 is 1.15. The van der Waals surface area contributed by atoms with Crippen molar-refractivity contribution < 1.29 is 27.8 Å². The molecule has 184 valence electrons. The highest BCUT2D eigenvalue weighted by Crippen LogP contribution is 2.26.